The van der Waals surface area contributed by atoms with Crippen LogP contribution in [0.1, 0.15) is 55.5 Å². The number of carbonyl (C=O) groups is 2. The fourth-order valence-corrected chi connectivity index (χ4v) is 7.61. The molecule has 1 aliphatic heterocycles. The second kappa shape index (κ2) is 15.3. The zero-order valence-corrected chi connectivity index (χ0v) is 33.8. The molecule has 0 unspecified atom stereocenters. The molecule has 2 amide bonds. The summed E-state index contributed by atoms with van der Waals surface area (Å²) in [5, 5.41) is 10.6. The third-order valence-electron chi connectivity index (χ3n) is 9.92. The summed E-state index contributed by atoms with van der Waals surface area (Å²) in [6.45, 7) is 16.9. The van der Waals surface area contributed by atoms with Crippen LogP contribution >= 0.6 is 0 Å². The van der Waals surface area contributed by atoms with Gasteiger partial charge >= 0.3 is 0 Å². The molecule has 1 aliphatic carbocycles. The van der Waals surface area contributed by atoms with Gasteiger partial charge in [-0.3, -0.25) is 9.59 Å². The molecule has 0 saturated carbocycles. The van der Waals surface area contributed by atoms with Crippen LogP contribution in [-0.2, 0) is 19.7 Å². The zero-order chi connectivity index (χ0) is 40.8. The van der Waals surface area contributed by atoms with Crippen molar-refractivity contribution < 1.29 is 27.0 Å². The van der Waals surface area contributed by atoms with Crippen LogP contribution in [0.25, 0.3) is 33.4 Å². The lowest BCUT2D eigenvalue weighted by molar-refractivity contribution is -0.119. The van der Waals surface area contributed by atoms with Gasteiger partial charge in [0, 0.05) is 63.1 Å². The molecule has 0 radical (unpaired) electrons. The maximum absolute atomic E-state index is 12.7. The zero-order valence-electron chi connectivity index (χ0n) is 33.0. The SMILES string of the molecule is Cc1cc(C)c(NC(=O)C(C)C)c(C)c1N=c1ccc2c(-c3ccccc3S(=O)(=O)[O-])c3ccc(Nc4c(N)cc(C)c(NC(=O)C(C)C)c4C)cc3oc-2c1. The van der Waals surface area contributed by atoms with Crippen molar-refractivity contribution in [1.82, 2.24) is 0 Å². The average Bonchev–Trinajstić information content (AvgIpc) is 3.13. The molecule has 4 aromatic rings. The van der Waals surface area contributed by atoms with E-state index in [1.165, 1.54) is 12.1 Å². The lowest BCUT2D eigenvalue weighted by atomic mass is 9.93. The van der Waals surface area contributed by atoms with Crippen molar-refractivity contribution in [1.29, 1.82) is 0 Å². The van der Waals surface area contributed by atoms with Crippen LogP contribution in [0.15, 0.2) is 87.1 Å². The highest BCUT2D eigenvalue weighted by Gasteiger charge is 2.23. The van der Waals surface area contributed by atoms with Crippen LogP contribution in [0.2, 0.25) is 0 Å². The first-order chi connectivity index (χ1) is 26.3. The molecule has 2 aliphatic rings. The highest BCUT2D eigenvalue weighted by atomic mass is 32.2. The fraction of sp³-hybridized carbons (Fsp3) is 0.250. The Bertz CT molecular complexity index is 2710. The first-order valence-electron chi connectivity index (χ1n) is 18.4. The van der Waals surface area contributed by atoms with Gasteiger partial charge in [-0.15, -0.1) is 0 Å². The standard InChI is InChI=1S/C44H47N5O6S/c1-22(2)43(50)48-40-25(6)18-24(5)39(27(40)8)46-29-14-16-31-35(20-29)55-36-21-30(15-17-32(36)38(31)33-12-10-11-13-37(33)56(52,53)54)47-42-28(9)41(26(7)19-34(42)45)49-44(51)23(3)4/h10-23,47H,45H2,1-9H3,(H,48,50)(H,49,51)(H,52,53,54)/p-1. The van der Waals surface area contributed by atoms with Gasteiger partial charge in [0.25, 0.3) is 0 Å². The lowest BCUT2D eigenvalue weighted by Gasteiger charge is -2.21. The summed E-state index contributed by atoms with van der Waals surface area (Å²) >= 11 is 0. The molecule has 0 atom stereocenters. The first-order valence-corrected chi connectivity index (χ1v) is 19.8. The van der Waals surface area contributed by atoms with Crippen molar-refractivity contribution in [3.63, 3.8) is 0 Å². The van der Waals surface area contributed by atoms with Crippen LogP contribution in [0, 0.1) is 46.5 Å². The predicted octanol–water partition coefficient (Wildman–Crippen LogP) is 9.40. The summed E-state index contributed by atoms with van der Waals surface area (Å²) in [7, 11) is -4.86. The number of aryl methyl sites for hydroxylation is 3. The quantitative estimate of drug-likeness (QED) is 0.0638. The molecule has 56 heavy (non-hydrogen) atoms. The first kappa shape index (κ1) is 39.7. The molecule has 6 rings (SSSR count). The number of rotatable bonds is 9. The van der Waals surface area contributed by atoms with Crippen LogP contribution < -0.4 is 27.0 Å². The molecule has 4 aromatic carbocycles. The molecule has 0 bridgehead atoms. The molecule has 290 valence electrons. The van der Waals surface area contributed by atoms with E-state index in [0.29, 0.717) is 67.3 Å². The molecule has 0 spiro atoms. The summed E-state index contributed by atoms with van der Waals surface area (Å²) in [5.74, 6) is -0.239. The van der Waals surface area contributed by atoms with E-state index in [9.17, 15) is 22.6 Å². The number of nitrogens with one attached hydrogen (secondary N) is 3. The average molecular weight is 773 g/mol. The van der Waals surface area contributed by atoms with Crippen LogP contribution in [0.3, 0.4) is 0 Å². The predicted molar refractivity (Wildman–Crippen MR) is 223 cm³/mol. The third kappa shape index (κ3) is 7.75. The maximum Gasteiger partial charge on any atom is 0.226 e. The van der Waals surface area contributed by atoms with E-state index in [0.717, 1.165) is 27.8 Å². The molecular weight excluding hydrogens is 727 g/mol. The number of benzene rings is 5. The van der Waals surface area contributed by atoms with Crippen molar-refractivity contribution >= 4 is 67.0 Å². The van der Waals surface area contributed by atoms with Gasteiger partial charge in [-0.25, -0.2) is 13.4 Å². The van der Waals surface area contributed by atoms with Gasteiger partial charge in [0.05, 0.1) is 27.3 Å². The van der Waals surface area contributed by atoms with E-state index in [4.69, 9.17) is 15.1 Å². The molecule has 1 heterocycles. The Morgan fingerprint density at radius 2 is 1.36 bits per heavy atom. The van der Waals surface area contributed by atoms with Crippen molar-refractivity contribution in [3.8, 4) is 22.5 Å². The number of fused-ring (bicyclic) bond motifs is 2. The molecule has 0 aromatic heterocycles. The van der Waals surface area contributed by atoms with Gasteiger partial charge in [0.15, 0.2) is 0 Å². The minimum Gasteiger partial charge on any atom is -0.744 e. The molecule has 0 fully saturated rings. The van der Waals surface area contributed by atoms with E-state index in [1.54, 1.807) is 48.5 Å². The molecule has 11 nitrogen and oxygen atoms in total. The fourth-order valence-electron chi connectivity index (χ4n) is 6.93. The summed E-state index contributed by atoms with van der Waals surface area (Å²) in [5.41, 5.74) is 16.2. The summed E-state index contributed by atoms with van der Waals surface area (Å²) in [6, 6.07) is 20.7. The molecular formula is C44H46N5O6S-. The van der Waals surface area contributed by atoms with Crippen molar-refractivity contribution in [2.45, 2.75) is 67.2 Å². The Morgan fingerprint density at radius 3 is 2.00 bits per heavy atom. The van der Waals surface area contributed by atoms with Gasteiger partial charge in [-0.1, -0.05) is 52.0 Å². The number of hydrogen-bond donors (Lipinski definition) is 4. The van der Waals surface area contributed by atoms with Crippen LogP contribution in [0.5, 0.6) is 0 Å². The largest absolute Gasteiger partial charge is 0.744 e. The monoisotopic (exact) mass is 772 g/mol. The lowest BCUT2D eigenvalue weighted by Crippen LogP contribution is -2.19. The topological polar surface area (TPSA) is 179 Å². The van der Waals surface area contributed by atoms with Gasteiger partial charge in [-0.2, -0.15) is 0 Å². The van der Waals surface area contributed by atoms with Crippen molar-refractivity contribution in [2.24, 2.45) is 16.8 Å². The maximum atomic E-state index is 12.7. The Morgan fingerprint density at radius 1 is 0.732 bits per heavy atom. The number of anilines is 5. The third-order valence-corrected chi connectivity index (χ3v) is 10.8. The number of amides is 2. The second-order valence-corrected chi connectivity index (χ2v) is 16.2. The van der Waals surface area contributed by atoms with Gasteiger partial charge < -0.3 is 30.7 Å². The smallest absolute Gasteiger partial charge is 0.226 e. The van der Waals surface area contributed by atoms with Gasteiger partial charge in [-0.05, 0) is 98.8 Å². The molecule has 12 heteroatoms. The summed E-state index contributed by atoms with van der Waals surface area (Å²) in [6.07, 6.45) is 0. The minimum atomic E-state index is -4.86. The Balaban J connectivity index is 1.57. The highest BCUT2D eigenvalue weighted by Crippen LogP contribution is 2.44. The molecule has 0 saturated heterocycles. The van der Waals surface area contributed by atoms with E-state index in [2.05, 4.69) is 16.0 Å². The number of nitrogen functional groups attached to an aromatic ring is 1. The van der Waals surface area contributed by atoms with Crippen molar-refractivity contribution in [2.75, 3.05) is 21.7 Å². The number of hydrogen-bond acceptors (Lipinski definition) is 9. The molecule has 5 N–H and O–H groups in total. The van der Waals surface area contributed by atoms with Gasteiger partial charge in [0.1, 0.15) is 21.5 Å². The Kier molecular flexibility index (Phi) is 10.8. The van der Waals surface area contributed by atoms with E-state index < -0.39 is 10.1 Å². The van der Waals surface area contributed by atoms with Gasteiger partial charge in [0.2, 0.25) is 11.8 Å². The van der Waals surface area contributed by atoms with E-state index in [-0.39, 0.29) is 34.1 Å². The minimum absolute atomic E-state index is 0.0947. The number of nitrogens with two attached hydrogens (primary N) is 1. The van der Waals surface area contributed by atoms with E-state index >= 15 is 0 Å². The van der Waals surface area contributed by atoms with Crippen molar-refractivity contribution in [3.05, 3.63) is 106 Å². The second-order valence-electron chi connectivity index (χ2n) is 14.9. The van der Waals surface area contributed by atoms with Crippen LogP contribution in [0.4, 0.5) is 34.1 Å². The number of nitrogens with zero attached hydrogens (tertiary/aromatic N) is 1. The Labute approximate surface area is 327 Å². The normalized spacial score (nSPS) is 12.2. The summed E-state index contributed by atoms with van der Waals surface area (Å²) in [4.78, 5) is 30.0. The highest BCUT2D eigenvalue weighted by molar-refractivity contribution is 7.85. The van der Waals surface area contributed by atoms with E-state index in [1.807, 2.05) is 74.4 Å². The number of carbonyl (C=O) groups excluding carboxylic acids is 2. The summed E-state index contributed by atoms with van der Waals surface area (Å²) < 4.78 is 44.3. The van der Waals surface area contributed by atoms with Crippen LogP contribution in [-0.4, -0.2) is 24.8 Å². The Hall–Kier alpha value is -5.98.